The Bertz CT molecular complexity index is 3090. The number of fused-ring (bicyclic) bond motifs is 9. The Morgan fingerprint density at radius 3 is 1.60 bits per heavy atom. The Kier molecular flexibility index (Phi) is 6.84. The minimum absolute atomic E-state index is 1.15. The van der Waals surface area contributed by atoms with Crippen molar-refractivity contribution in [2.75, 3.05) is 4.90 Å². The Hall–Kier alpha value is -5.78. The molecule has 0 saturated heterocycles. The van der Waals surface area contributed by atoms with E-state index in [0.717, 1.165) is 11.4 Å². The smallest absolute Gasteiger partial charge is 0.0554 e. The van der Waals surface area contributed by atoms with E-state index in [2.05, 4.69) is 181 Å². The van der Waals surface area contributed by atoms with Gasteiger partial charge in [-0.3, -0.25) is 0 Å². The van der Waals surface area contributed by atoms with Gasteiger partial charge in [-0.15, -0.1) is 34.0 Å². The molecule has 4 heteroatoms. The van der Waals surface area contributed by atoms with Crippen molar-refractivity contribution < 1.29 is 0 Å². The van der Waals surface area contributed by atoms with Gasteiger partial charge in [0.15, 0.2) is 0 Å². The van der Waals surface area contributed by atoms with Crippen LogP contribution in [0.4, 0.5) is 17.1 Å². The van der Waals surface area contributed by atoms with E-state index in [1.165, 1.54) is 88.5 Å². The second-order valence-electron chi connectivity index (χ2n) is 13.2. The third-order valence-corrected chi connectivity index (χ3v) is 13.7. The molecule has 0 amide bonds. The number of hydrogen-bond acceptors (Lipinski definition) is 4. The highest BCUT2D eigenvalue weighted by atomic mass is 32.1. The highest BCUT2D eigenvalue weighted by molar-refractivity contribution is 7.27. The predicted octanol–water partition coefficient (Wildman–Crippen LogP) is 15.6. The fraction of sp³-hybridized carbons (Fsp3) is 0. The van der Waals surface area contributed by atoms with Gasteiger partial charge in [-0.1, -0.05) is 115 Å². The van der Waals surface area contributed by atoms with Crippen LogP contribution in [0, 0.1) is 0 Å². The lowest BCUT2D eigenvalue weighted by molar-refractivity contribution is 1.30. The first-order valence-electron chi connectivity index (χ1n) is 17.5. The largest absolute Gasteiger partial charge is 0.310 e. The van der Waals surface area contributed by atoms with Gasteiger partial charge in [-0.2, -0.15) is 0 Å². The number of benzene rings is 8. The number of hydrogen-bond donors (Lipinski definition) is 0. The van der Waals surface area contributed by atoms with E-state index >= 15 is 0 Å². The van der Waals surface area contributed by atoms with E-state index in [9.17, 15) is 0 Å². The van der Waals surface area contributed by atoms with E-state index in [4.69, 9.17) is 0 Å². The molecule has 0 spiro atoms. The molecule has 11 rings (SSSR count). The van der Waals surface area contributed by atoms with E-state index in [1.54, 1.807) is 0 Å². The molecule has 0 bridgehead atoms. The van der Waals surface area contributed by atoms with Crippen LogP contribution in [0.1, 0.15) is 0 Å². The first-order chi connectivity index (χ1) is 25.8. The SMILES string of the molecule is c1ccc(N(c2ccccc2)c2cccc3sc4cc(-c5cccc6sc7cc(-c8cccc9c8sc8ccccc89)ccc7c56)ccc4c23)cc1. The third kappa shape index (κ3) is 4.65. The van der Waals surface area contributed by atoms with Crippen molar-refractivity contribution in [3.05, 3.63) is 176 Å². The van der Waals surface area contributed by atoms with Gasteiger partial charge in [0.05, 0.1) is 5.69 Å². The first-order valence-corrected chi connectivity index (χ1v) is 20.0. The molecule has 0 radical (unpaired) electrons. The molecule has 0 aliphatic heterocycles. The first kappa shape index (κ1) is 29.9. The van der Waals surface area contributed by atoms with Crippen LogP contribution >= 0.6 is 34.0 Å². The number of nitrogens with zero attached hydrogens (tertiary/aromatic N) is 1. The molecular weight excluding hydrogens is 687 g/mol. The zero-order valence-corrected chi connectivity index (χ0v) is 30.4. The molecule has 0 aliphatic rings. The summed E-state index contributed by atoms with van der Waals surface area (Å²) in [6, 6.07) is 64.6. The zero-order chi connectivity index (χ0) is 34.2. The minimum Gasteiger partial charge on any atom is -0.310 e. The molecule has 0 N–H and O–H groups in total. The number of rotatable bonds is 5. The lowest BCUT2D eigenvalue weighted by Crippen LogP contribution is -2.09. The van der Waals surface area contributed by atoms with Crippen molar-refractivity contribution in [1.82, 2.24) is 0 Å². The van der Waals surface area contributed by atoms with Gasteiger partial charge >= 0.3 is 0 Å². The summed E-state index contributed by atoms with van der Waals surface area (Å²) in [6.45, 7) is 0. The molecule has 11 aromatic rings. The van der Waals surface area contributed by atoms with Gasteiger partial charge in [0.1, 0.15) is 0 Å². The highest BCUT2D eigenvalue weighted by Gasteiger charge is 2.19. The summed E-state index contributed by atoms with van der Waals surface area (Å²) in [5.41, 5.74) is 8.63. The van der Waals surface area contributed by atoms with Crippen LogP contribution in [0.5, 0.6) is 0 Å². The summed E-state index contributed by atoms with van der Waals surface area (Å²) < 4.78 is 7.95. The highest BCUT2D eigenvalue weighted by Crippen LogP contribution is 2.48. The van der Waals surface area contributed by atoms with Gasteiger partial charge < -0.3 is 4.90 Å². The van der Waals surface area contributed by atoms with Crippen LogP contribution in [0.2, 0.25) is 0 Å². The lowest BCUT2D eigenvalue weighted by atomic mass is 9.97. The van der Waals surface area contributed by atoms with Crippen LogP contribution in [0.15, 0.2) is 176 Å². The van der Waals surface area contributed by atoms with Crippen molar-refractivity contribution in [3.8, 4) is 22.3 Å². The second-order valence-corrected chi connectivity index (χ2v) is 16.5. The molecule has 52 heavy (non-hydrogen) atoms. The molecular formula is C48H29NS3. The maximum absolute atomic E-state index is 2.41. The Balaban J connectivity index is 1.05. The number of anilines is 3. The maximum atomic E-state index is 2.41. The van der Waals surface area contributed by atoms with Gasteiger partial charge in [-0.05, 0) is 82.9 Å². The minimum atomic E-state index is 1.15. The van der Waals surface area contributed by atoms with E-state index < -0.39 is 0 Å². The molecule has 0 aliphatic carbocycles. The predicted molar refractivity (Wildman–Crippen MR) is 231 cm³/mol. The molecule has 3 heterocycles. The van der Waals surface area contributed by atoms with Crippen molar-refractivity contribution in [3.63, 3.8) is 0 Å². The van der Waals surface area contributed by atoms with Crippen LogP contribution in [-0.4, -0.2) is 0 Å². The second kappa shape index (κ2) is 11.9. The van der Waals surface area contributed by atoms with E-state index in [0.29, 0.717) is 0 Å². The normalized spacial score (nSPS) is 11.8. The lowest BCUT2D eigenvalue weighted by Gasteiger charge is -2.26. The van der Waals surface area contributed by atoms with Crippen molar-refractivity contribution in [2.45, 2.75) is 0 Å². The maximum Gasteiger partial charge on any atom is 0.0554 e. The zero-order valence-electron chi connectivity index (χ0n) is 27.9. The Morgan fingerprint density at radius 2 is 0.865 bits per heavy atom. The van der Waals surface area contributed by atoms with Gasteiger partial charge in [0.25, 0.3) is 0 Å². The standard InChI is InChI=1S/C48H29NS3/c1-3-12-32(13-4-1)49(33-14-5-2-6-15-33)40-20-11-23-43-47(40)39-27-24-30(28-45(39)51-43)34-17-10-22-42-46(34)38-26-25-31(29-44(38)50-42)35-18-9-19-37-36-16-7-8-21-41(36)52-48(35)37/h1-29H. The van der Waals surface area contributed by atoms with E-state index in [1.807, 2.05) is 34.0 Å². The van der Waals surface area contributed by atoms with Crippen molar-refractivity contribution in [1.29, 1.82) is 0 Å². The fourth-order valence-electron chi connectivity index (χ4n) is 7.95. The molecule has 244 valence electrons. The van der Waals surface area contributed by atoms with Gasteiger partial charge in [0, 0.05) is 71.9 Å². The van der Waals surface area contributed by atoms with E-state index in [-0.39, 0.29) is 0 Å². The summed E-state index contributed by atoms with van der Waals surface area (Å²) in [6.07, 6.45) is 0. The summed E-state index contributed by atoms with van der Waals surface area (Å²) in [4.78, 5) is 2.39. The summed E-state index contributed by atoms with van der Waals surface area (Å²) in [5.74, 6) is 0. The van der Waals surface area contributed by atoms with Gasteiger partial charge in [-0.25, -0.2) is 0 Å². The molecule has 1 nitrogen and oxygen atoms in total. The third-order valence-electron chi connectivity index (χ3n) is 10.3. The Labute approximate surface area is 312 Å². The summed E-state index contributed by atoms with van der Waals surface area (Å²) in [7, 11) is 0. The van der Waals surface area contributed by atoms with Crippen LogP contribution in [0.25, 0.3) is 82.8 Å². The topological polar surface area (TPSA) is 3.24 Å². The number of thiophene rings is 3. The van der Waals surface area contributed by atoms with Crippen molar-refractivity contribution >= 4 is 112 Å². The van der Waals surface area contributed by atoms with Crippen LogP contribution in [0.3, 0.4) is 0 Å². The molecule has 0 atom stereocenters. The van der Waals surface area contributed by atoms with Gasteiger partial charge in [0.2, 0.25) is 0 Å². The fourth-order valence-corrected chi connectivity index (χ4v) is 11.5. The quantitative estimate of drug-likeness (QED) is 0.171. The monoisotopic (exact) mass is 715 g/mol. The molecule has 0 unspecified atom stereocenters. The number of para-hydroxylation sites is 2. The molecule has 0 saturated carbocycles. The molecule has 3 aromatic heterocycles. The summed E-state index contributed by atoms with van der Waals surface area (Å²) >= 11 is 5.68. The molecule has 8 aromatic carbocycles. The average molecular weight is 716 g/mol. The molecule has 0 fully saturated rings. The average Bonchev–Trinajstić information content (AvgIpc) is 3.89. The van der Waals surface area contributed by atoms with Crippen LogP contribution in [-0.2, 0) is 0 Å². The Morgan fingerprint density at radius 1 is 0.327 bits per heavy atom. The summed E-state index contributed by atoms with van der Waals surface area (Å²) in [5, 5.41) is 7.93. The van der Waals surface area contributed by atoms with Crippen LogP contribution < -0.4 is 4.90 Å². The van der Waals surface area contributed by atoms with Crippen molar-refractivity contribution in [2.24, 2.45) is 0 Å².